The van der Waals surface area contributed by atoms with Crippen LogP contribution in [0.15, 0.2) is 45.1 Å². The molecule has 2 aliphatic heterocycles. The first-order valence-corrected chi connectivity index (χ1v) is 8.88. The van der Waals surface area contributed by atoms with Crippen LogP contribution in [0.5, 0.6) is 0 Å². The topological polar surface area (TPSA) is 82.3 Å². The highest BCUT2D eigenvalue weighted by Gasteiger charge is 2.41. The van der Waals surface area contributed by atoms with Gasteiger partial charge in [0, 0.05) is 14.1 Å². The van der Waals surface area contributed by atoms with Gasteiger partial charge in [0.2, 0.25) is 0 Å². The van der Waals surface area contributed by atoms with Crippen molar-refractivity contribution in [3.63, 3.8) is 0 Å². The predicted octanol–water partition coefficient (Wildman–Crippen LogP) is 1.58. The lowest BCUT2D eigenvalue weighted by Gasteiger charge is -2.28. The van der Waals surface area contributed by atoms with Crippen LogP contribution in [-0.2, 0) is 23.6 Å². The molecular formula is C20H21N3O4. The number of carbonyl (C=O) groups is 1. The highest BCUT2D eigenvalue weighted by Crippen LogP contribution is 2.42. The van der Waals surface area contributed by atoms with Crippen LogP contribution < -0.4 is 16.6 Å². The Hall–Kier alpha value is -3.09. The fourth-order valence-electron chi connectivity index (χ4n) is 3.79. The second-order valence-corrected chi connectivity index (χ2v) is 7.32. The summed E-state index contributed by atoms with van der Waals surface area (Å²) in [6.07, 6.45) is 0. The molecule has 4 rings (SSSR count). The summed E-state index contributed by atoms with van der Waals surface area (Å²) in [5.41, 5.74) is 2.59. The Morgan fingerprint density at radius 2 is 1.74 bits per heavy atom. The number of esters is 1. The molecule has 0 spiro atoms. The first-order valence-electron chi connectivity index (χ1n) is 8.88. The van der Waals surface area contributed by atoms with Crippen LogP contribution in [0.1, 0.15) is 42.4 Å². The third kappa shape index (κ3) is 2.45. The number of hydrogen-bond acceptors (Lipinski definition) is 5. The molecule has 3 heterocycles. The van der Waals surface area contributed by atoms with Gasteiger partial charge in [-0.15, -0.1) is 0 Å². The van der Waals surface area contributed by atoms with Crippen molar-refractivity contribution in [2.75, 3.05) is 11.9 Å². The molecule has 7 nitrogen and oxygen atoms in total. The van der Waals surface area contributed by atoms with Crippen molar-refractivity contribution in [3.8, 4) is 0 Å². The minimum atomic E-state index is -0.571. The molecule has 0 saturated heterocycles. The van der Waals surface area contributed by atoms with Crippen LogP contribution in [0.3, 0.4) is 0 Å². The van der Waals surface area contributed by atoms with Gasteiger partial charge in [-0.05, 0) is 17.0 Å². The van der Waals surface area contributed by atoms with Gasteiger partial charge in [-0.1, -0.05) is 38.1 Å². The van der Waals surface area contributed by atoms with Gasteiger partial charge >= 0.3 is 11.7 Å². The third-order valence-electron chi connectivity index (χ3n) is 5.38. The van der Waals surface area contributed by atoms with Crippen LogP contribution in [0.25, 0.3) is 0 Å². The highest BCUT2D eigenvalue weighted by atomic mass is 16.5. The summed E-state index contributed by atoms with van der Waals surface area (Å²) in [4.78, 5) is 37.8. The molecule has 0 saturated carbocycles. The van der Waals surface area contributed by atoms with Crippen molar-refractivity contribution < 1.29 is 9.53 Å². The maximum atomic E-state index is 13.0. The summed E-state index contributed by atoms with van der Waals surface area (Å²) in [6, 6.07) is 7.90. The van der Waals surface area contributed by atoms with Crippen molar-refractivity contribution in [1.29, 1.82) is 0 Å². The van der Waals surface area contributed by atoms with Crippen molar-refractivity contribution >= 4 is 11.8 Å². The number of nitrogens with zero attached hydrogens (tertiary/aromatic N) is 2. The van der Waals surface area contributed by atoms with Crippen LogP contribution in [0.4, 0.5) is 5.82 Å². The average molecular weight is 367 g/mol. The van der Waals surface area contributed by atoms with Crippen LogP contribution >= 0.6 is 0 Å². The quantitative estimate of drug-likeness (QED) is 0.815. The Morgan fingerprint density at radius 1 is 1.07 bits per heavy atom. The van der Waals surface area contributed by atoms with E-state index in [9.17, 15) is 14.4 Å². The van der Waals surface area contributed by atoms with Gasteiger partial charge in [-0.2, -0.15) is 0 Å². The summed E-state index contributed by atoms with van der Waals surface area (Å²) in [7, 11) is 3.05. The first kappa shape index (κ1) is 17.3. The summed E-state index contributed by atoms with van der Waals surface area (Å²) < 4.78 is 7.69. The van der Waals surface area contributed by atoms with E-state index in [2.05, 4.69) is 19.2 Å². The number of carbonyl (C=O) groups excluding carboxylic acids is 1. The van der Waals surface area contributed by atoms with Crippen molar-refractivity contribution in [2.24, 2.45) is 14.1 Å². The number of benzene rings is 1. The number of aromatic nitrogens is 2. The number of cyclic esters (lactones) is 1. The molecule has 0 radical (unpaired) electrons. The fraction of sp³-hybridized carbons (Fsp3) is 0.350. The van der Waals surface area contributed by atoms with Gasteiger partial charge in [-0.3, -0.25) is 13.9 Å². The van der Waals surface area contributed by atoms with Crippen LogP contribution in [0.2, 0.25) is 0 Å². The van der Waals surface area contributed by atoms with E-state index in [4.69, 9.17) is 4.74 Å². The van der Waals surface area contributed by atoms with Crippen LogP contribution in [0, 0.1) is 0 Å². The largest absolute Gasteiger partial charge is 0.456 e. The summed E-state index contributed by atoms with van der Waals surface area (Å²) in [5, 5.41) is 3.08. The van der Waals surface area contributed by atoms with E-state index < -0.39 is 23.1 Å². The Morgan fingerprint density at radius 3 is 2.37 bits per heavy atom. The highest BCUT2D eigenvalue weighted by molar-refractivity contribution is 5.96. The Labute approximate surface area is 155 Å². The van der Waals surface area contributed by atoms with E-state index in [1.807, 2.05) is 24.3 Å². The number of rotatable bonds is 2. The summed E-state index contributed by atoms with van der Waals surface area (Å²) in [6.45, 7) is 4.32. The van der Waals surface area contributed by atoms with Crippen LogP contribution in [-0.4, -0.2) is 21.7 Å². The van der Waals surface area contributed by atoms with Gasteiger partial charge in [0.1, 0.15) is 12.4 Å². The zero-order valence-corrected chi connectivity index (χ0v) is 15.7. The van der Waals surface area contributed by atoms with Gasteiger partial charge in [-0.25, -0.2) is 9.59 Å². The predicted molar refractivity (Wildman–Crippen MR) is 101 cm³/mol. The molecule has 1 aromatic carbocycles. The molecule has 1 atom stereocenters. The smallest absolute Gasteiger partial charge is 0.337 e. The lowest BCUT2D eigenvalue weighted by atomic mass is 9.82. The maximum absolute atomic E-state index is 13.0. The first-order chi connectivity index (χ1) is 12.8. The monoisotopic (exact) mass is 367 g/mol. The molecule has 0 fully saturated rings. The molecular weight excluding hydrogens is 346 g/mol. The fourth-order valence-corrected chi connectivity index (χ4v) is 3.79. The number of fused-ring (bicyclic) bond motifs is 1. The van der Waals surface area contributed by atoms with Crippen molar-refractivity contribution in [2.45, 2.75) is 25.7 Å². The van der Waals surface area contributed by atoms with Gasteiger partial charge in [0.25, 0.3) is 5.56 Å². The number of hydrogen-bond donors (Lipinski definition) is 1. The molecule has 0 bridgehead atoms. The molecule has 2 aromatic rings. The third-order valence-corrected chi connectivity index (χ3v) is 5.38. The van der Waals surface area contributed by atoms with E-state index in [0.29, 0.717) is 28.6 Å². The molecule has 0 aliphatic carbocycles. The minimum absolute atomic E-state index is 0.109. The lowest BCUT2D eigenvalue weighted by Crippen LogP contribution is -2.43. The Kier molecular flexibility index (Phi) is 3.83. The Bertz CT molecular complexity index is 1100. The van der Waals surface area contributed by atoms with E-state index >= 15 is 0 Å². The van der Waals surface area contributed by atoms with E-state index in [1.165, 1.54) is 17.2 Å². The molecule has 1 aromatic heterocycles. The zero-order chi connectivity index (χ0) is 19.5. The number of anilines is 1. The molecule has 140 valence electrons. The van der Waals surface area contributed by atoms with Crippen molar-refractivity contribution in [3.05, 3.63) is 73.1 Å². The van der Waals surface area contributed by atoms with E-state index in [0.717, 1.165) is 10.1 Å². The number of nitrogens with one attached hydrogen (secondary N) is 1. The van der Waals surface area contributed by atoms with E-state index in [-0.39, 0.29) is 6.61 Å². The standard InChI is InChI=1S/C20H21N3O4/c1-10(2)11-5-7-12(8-6-11)14-15-13(9-27-19(15)25)21-17-16(14)18(24)23(4)20(26)22(17)3/h5-8,10,14,21H,9H2,1-4H3/t14-/m1/s1. The second kappa shape index (κ2) is 5.97. The normalized spacial score (nSPS) is 18.3. The summed E-state index contributed by atoms with van der Waals surface area (Å²) in [5.74, 6) is -0.215. The van der Waals surface area contributed by atoms with E-state index in [1.54, 1.807) is 7.05 Å². The molecule has 7 heteroatoms. The zero-order valence-electron chi connectivity index (χ0n) is 15.7. The minimum Gasteiger partial charge on any atom is -0.456 e. The van der Waals surface area contributed by atoms with Gasteiger partial charge in [0.05, 0.1) is 22.8 Å². The Balaban J connectivity index is 2.01. The maximum Gasteiger partial charge on any atom is 0.337 e. The molecule has 0 amide bonds. The average Bonchev–Trinajstić information content (AvgIpc) is 3.04. The second-order valence-electron chi connectivity index (χ2n) is 7.32. The van der Waals surface area contributed by atoms with Gasteiger partial charge < -0.3 is 10.1 Å². The summed E-state index contributed by atoms with van der Waals surface area (Å²) >= 11 is 0. The molecule has 0 unspecified atom stereocenters. The number of ether oxygens (including phenoxy) is 1. The molecule has 2 aliphatic rings. The molecule has 1 N–H and O–H groups in total. The SMILES string of the molecule is CC(C)c1ccc([C@@H]2C3=C(COC3=O)Nc3c2c(=O)n(C)c(=O)n3C)cc1. The van der Waals surface area contributed by atoms with Crippen molar-refractivity contribution in [1.82, 2.24) is 9.13 Å². The molecule has 27 heavy (non-hydrogen) atoms. The lowest BCUT2D eigenvalue weighted by molar-refractivity contribution is -0.136. The van der Waals surface area contributed by atoms with Gasteiger partial charge in [0.15, 0.2) is 0 Å².